The smallest absolute Gasteiger partial charge is 0.383 e. The van der Waals surface area contributed by atoms with Crippen LogP contribution in [0.15, 0.2) is 0 Å². The van der Waals surface area contributed by atoms with Crippen molar-refractivity contribution in [1.29, 1.82) is 0 Å². The summed E-state index contributed by atoms with van der Waals surface area (Å²) in [7, 11) is 0. The maximum absolute atomic E-state index is 12.2. The lowest BCUT2D eigenvalue weighted by Crippen LogP contribution is -2.44. The monoisotopic (exact) mass is 327 g/mol. The number of carbonyl (C=O) groups excluding carboxylic acids is 1. The summed E-state index contributed by atoms with van der Waals surface area (Å²) >= 11 is 1.14. The van der Waals surface area contributed by atoms with Crippen LogP contribution in [0.5, 0.6) is 0 Å². The minimum atomic E-state index is -4.53. The molecule has 0 radical (unpaired) electrons. The Morgan fingerprint density at radius 3 is 2.24 bits per heavy atom. The summed E-state index contributed by atoms with van der Waals surface area (Å²) in [5.41, 5.74) is -0.390. The van der Waals surface area contributed by atoms with E-state index in [0.717, 1.165) is 24.6 Å². The van der Waals surface area contributed by atoms with E-state index in [-0.39, 0.29) is 11.7 Å². The summed E-state index contributed by atoms with van der Waals surface area (Å²) in [5, 5.41) is 8.92. The van der Waals surface area contributed by atoms with E-state index in [1.807, 2.05) is 25.7 Å². The molecule has 1 atom stereocenters. The number of aliphatic hydroxyl groups excluding tert-OH is 1. The molecule has 1 rings (SSSR count). The summed E-state index contributed by atoms with van der Waals surface area (Å²) in [5.74, 6) is 0.732. The molecular formula is C14H24F3NO2S. The van der Waals surface area contributed by atoms with E-state index in [1.54, 1.807) is 0 Å². The van der Waals surface area contributed by atoms with Gasteiger partial charge in [-0.1, -0.05) is 20.8 Å². The molecule has 1 aliphatic heterocycles. The standard InChI is InChI=1S/C14H24F3NO2S/c1-13(2,3)12(20)18-6-4-10(5-7-18)8-21-9-11(19)14(15,16)17/h10-11,19H,4-9H2,1-3H3. The predicted octanol–water partition coefficient (Wildman–Crippen LogP) is 2.93. The van der Waals surface area contributed by atoms with Gasteiger partial charge in [-0.05, 0) is 24.5 Å². The third kappa shape index (κ3) is 6.06. The molecule has 21 heavy (non-hydrogen) atoms. The molecule has 0 spiro atoms. The van der Waals surface area contributed by atoms with Crippen molar-refractivity contribution in [3.8, 4) is 0 Å². The first-order valence-corrected chi connectivity index (χ1v) is 8.29. The fourth-order valence-corrected chi connectivity index (χ4v) is 3.43. The summed E-state index contributed by atoms with van der Waals surface area (Å²) < 4.78 is 36.5. The largest absolute Gasteiger partial charge is 0.415 e. The molecule has 1 aliphatic rings. The fourth-order valence-electron chi connectivity index (χ4n) is 2.22. The normalized spacial score (nSPS) is 19.7. The quantitative estimate of drug-likeness (QED) is 0.863. The van der Waals surface area contributed by atoms with Crippen LogP contribution in [0.1, 0.15) is 33.6 Å². The van der Waals surface area contributed by atoms with Gasteiger partial charge in [0.25, 0.3) is 0 Å². The molecular weight excluding hydrogens is 303 g/mol. The molecule has 7 heteroatoms. The van der Waals surface area contributed by atoms with Crippen molar-refractivity contribution < 1.29 is 23.1 Å². The Balaban J connectivity index is 2.27. The summed E-state index contributed by atoms with van der Waals surface area (Å²) in [6.07, 6.45) is -5.14. The number of amides is 1. The number of aliphatic hydroxyl groups is 1. The lowest BCUT2D eigenvalue weighted by Gasteiger charge is -2.35. The number of nitrogens with zero attached hydrogens (tertiary/aromatic N) is 1. The van der Waals surface area contributed by atoms with Gasteiger partial charge in [-0.2, -0.15) is 24.9 Å². The first-order valence-electron chi connectivity index (χ1n) is 7.13. The van der Waals surface area contributed by atoms with Gasteiger partial charge in [-0.25, -0.2) is 0 Å². The van der Waals surface area contributed by atoms with Crippen LogP contribution in [0.3, 0.4) is 0 Å². The third-order valence-electron chi connectivity index (χ3n) is 3.55. The van der Waals surface area contributed by atoms with Crippen LogP contribution in [-0.2, 0) is 4.79 Å². The van der Waals surface area contributed by atoms with E-state index in [0.29, 0.717) is 24.8 Å². The Morgan fingerprint density at radius 2 is 1.81 bits per heavy atom. The molecule has 0 aromatic rings. The van der Waals surface area contributed by atoms with Crippen LogP contribution in [-0.4, -0.2) is 52.8 Å². The van der Waals surface area contributed by atoms with Gasteiger partial charge in [0.2, 0.25) is 5.91 Å². The van der Waals surface area contributed by atoms with E-state index in [9.17, 15) is 18.0 Å². The van der Waals surface area contributed by atoms with E-state index in [1.165, 1.54) is 0 Å². The molecule has 1 heterocycles. The minimum Gasteiger partial charge on any atom is -0.383 e. The molecule has 0 saturated carbocycles. The van der Waals surface area contributed by atoms with Crippen molar-refractivity contribution in [2.24, 2.45) is 11.3 Å². The Morgan fingerprint density at radius 1 is 1.29 bits per heavy atom. The Labute approximate surface area is 128 Å². The number of thioether (sulfide) groups is 1. The predicted molar refractivity (Wildman–Crippen MR) is 78.1 cm³/mol. The lowest BCUT2D eigenvalue weighted by atomic mass is 9.92. The van der Waals surface area contributed by atoms with Crippen LogP contribution >= 0.6 is 11.8 Å². The number of carbonyl (C=O) groups is 1. The zero-order chi connectivity index (χ0) is 16.3. The molecule has 0 aromatic heterocycles. The molecule has 1 saturated heterocycles. The van der Waals surface area contributed by atoms with Crippen molar-refractivity contribution in [2.75, 3.05) is 24.6 Å². The Bertz CT molecular complexity index is 347. The highest BCUT2D eigenvalue weighted by Crippen LogP contribution is 2.28. The van der Waals surface area contributed by atoms with Crippen LogP contribution in [0.4, 0.5) is 13.2 Å². The van der Waals surface area contributed by atoms with Crippen LogP contribution in [0.2, 0.25) is 0 Å². The molecule has 0 bridgehead atoms. The highest BCUT2D eigenvalue weighted by atomic mass is 32.2. The van der Waals surface area contributed by atoms with Gasteiger partial charge in [0, 0.05) is 24.3 Å². The van der Waals surface area contributed by atoms with Gasteiger partial charge in [0.15, 0.2) is 6.10 Å². The second-order valence-electron chi connectivity index (χ2n) is 6.58. The van der Waals surface area contributed by atoms with E-state index < -0.39 is 17.7 Å². The van der Waals surface area contributed by atoms with Crippen molar-refractivity contribution in [3.05, 3.63) is 0 Å². The first kappa shape index (κ1) is 18.6. The molecule has 3 nitrogen and oxygen atoms in total. The number of rotatable bonds is 4. The van der Waals surface area contributed by atoms with Crippen molar-refractivity contribution in [1.82, 2.24) is 4.90 Å². The third-order valence-corrected chi connectivity index (χ3v) is 4.81. The van der Waals surface area contributed by atoms with Gasteiger partial charge in [0.1, 0.15) is 0 Å². The van der Waals surface area contributed by atoms with Crippen LogP contribution < -0.4 is 0 Å². The Hall–Kier alpha value is -0.430. The van der Waals surface area contributed by atoms with E-state index >= 15 is 0 Å². The van der Waals surface area contributed by atoms with Crippen LogP contribution in [0, 0.1) is 11.3 Å². The average molecular weight is 327 g/mol. The maximum Gasteiger partial charge on any atom is 0.415 e. The highest BCUT2D eigenvalue weighted by Gasteiger charge is 2.38. The van der Waals surface area contributed by atoms with E-state index in [2.05, 4.69) is 0 Å². The average Bonchev–Trinajstić information content (AvgIpc) is 2.36. The molecule has 0 aliphatic carbocycles. The number of piperidine rings is 1. The minimum absolute atomic E-state index is 0.126. The van der Waals surface area contributed by atoms with Crippen molar-refractivity contribution in [2.45, 2.75) is 45.9 Å². The first-order chi connectivity index (χ1) is 9.51. The van der Waals surface area contributed by atoms with Gasteiger partial charge in [-0.15, -0.1) is 0 Å². The zero-order valence-electron chi connectivity index (χ0n) is 12.7. The van der Waals surface area contributed by atoms with Crippen molar-refractivity contribution >= 4 is 17.7 Å². The summed E-state index contributed by atoms with van der Waals surface area (Å²) in [6, 6.07) is 0. The van der Waals surface area contributed by atoms with Gasteiger partial charge >= 0.3 is 6.18 Å². The highest BCUT2D eigenvalue weighted by molar-refractivity contribution is 7.99. The molecule has 1 amide bonds. The zero-order valence-corrected chi connectivity index (χ0v) is 13.6. The number of alkyl halides is 3. The maximum atomic E-state index is 12.2. The van der Waals surface area contributed by atoms with E-state index in [4.69, 9.17) is 5.11 Å². The molecule has 1 N–H and O–H groups in total. The second kappa shape index (κ2) is 7.22. The lowest BCUT2D eigenvalue weighted by molar-refractivity contribution is -0.195. The fraction of sp³-hybridized carbons (Fsp3) is 0.929. The number of hydrogen-bond donors (Lipinski definition) is 1. The number of hydrogen-bond acceptors (Lipinski definition) is 3. The van der Waals surface area contributed by atoms with Gasteiger partial charge in [0.05, 0.1) is 0 Å². The van der Waals surface area contributed by atoms with Crippen molar-refractivity contribution in [3.63, 3.8) is 0 Å². The topological polar surface area (TPSA) is 40.5 Å². The van der Waals surface area contributed by atoms with Gasteiger partial charge in [-0.3, -0.25) is 4.79 Å². The molecule has 124 valence electrons. The number of halogens is 3. The SMILES string of the molecule is CC(C)(C)C(=O)N1CCC(CSCC(O)C(F)(F)F)CC1. The molecule has 0 aromatic carbocycles. The molecule has 1 fully saturated rings. The van der Waals surface area contributed by atoms with Gasteiger partial charge < -0.3 is 10.0 Å². The Kier molecular flexibility index (Phi) is 6.40. The van der Waals surface area contributed by atoms with Crippen LogP contribution in [0.25, 0.3) is 0 Å². The summed E-state index contributed by atoms with van der Waals surface area (Å²) in [4.78, 5) is 13.9. The molecule has 1 unspecified atom stereocenters. The number of likely N-dealkylation sites (tertiary alicyclic amines) is 1. The second-order valence-corrected chi connectivity index (χ2v) is 7.66. The summed E-state index contributed by atoms with van der Waals surface area (Å²) in [6.45, 7) is 6.99.